The number of halogens is 2. The largest absolute Gasteiger partial charge is 0.508 e. The van der Waals surface area contributed by atoms with Crippen molar-refractivity contribution < 1.29 is 19.0 Å². The molecule has 0 fully saturated rings. The van der Waals surface area contributed by atoms with E-state index in [1.807, 2.05) is 6.07 Å². The molecule has 0 aliphatic carbocycles. The van der Waals surface area contributed by atoms with Crippen LogP contribution < -0.4 is 0 Å². The molecule has 0 saturated heterocycles. The van der Waals surface area contributed by atoms with Gasteiger partial charge in [0.1, 0.15) is 17.1 Å². The first-order chi connectivity index (χ1) is 12.0. The number of aromatic hydroxyl groups is 2. The average molecular weight is 338 g/mol. The summed E-state index contributed by atoms with van der Waals surface area (Å²) in [5.41, 5.74) is 2.07. The molecule has 4 nitrogen and oxygen atoms in total. The fraction of sp³-hybridized carbons (Fsp3) is 0. The molecule has 0 spiro atoms. The summed E-state index contributed by atoms with van der Waals surface area (Å²) in [5, 5.41) is 23.1. The summed E-state index contributed by atoms with van der Waals surface area (Å²) in [6.45, 7) is 0. The number of hydrogen-bond acceptors (Lipinski definition) is 3. The highest BCUT2D eigenvalue weighted by Crippen LogP contribution is 2.30. The van der Waals surface area contributed by atoms with Gasteiger partial charge in [-0.05, 0) is 35.4 Å². The van der Waals surface area contributed by atoms with Crippen LogP contribution in [0.4, 0.5) is 8.78 Å². The molecule has 124 valence electrons. The van der Waals surface area contributed by atoms with Crippen LogP contribution in [0.15, 0.2) is 60.8 Å². The van der Waals surface area contributed by atoms with Crippen molar-refractivity contribution >= 4 is 10.9 Å². The monoisotopic (exact) mass is 338 g/mol. The van der Waals surface area contributed by atoms with E-state index in [1.54, 1.807) is 42.5 Å². The summed E-state index contributed by atoms with van der Waals surface area (Å²) in [6, 6.07) is 14.5. The van der Waals surface area contributed by atoms with Crippen LogP contribution in [-0.4, -0.2) is 20.0 Å². The van der Waals surface area contributed by atoms with Gasteiger partial charge in [0.2, 0.25) is 0 Å². The van der Waals surface area contributed by atoms with Crippen LogP contribution in [0, 0.1) is 11.6 Å². The van der Waals surface area contributed by atoms with Crippen molar-refractivity contribution in [2.75, 3.05) is 0 Å². The molecule has 0 amide bonds. The molecule has 1 aromatic heterocycles. The molecule has 0 radical (unpaired) electrons. The summed E-state index contributed by atoms with van der Waals surface area (Å²) in [5.74, 6) is -2.27. The Balaban J connectivity index is 1.82. The van der Waals surface area contributed by atoms with Crippen molar-refractivity contribution in [3.8, 4) is 28.3 Å². The van der Waals surface area contributed by atoms with E-state index < -0.39 is 17.4 Å². The number of phenols is 2. The van der Waals surface area contributed by atoms with Gasteiger partial charge in [-0.25, -0.2) is 13.5 Å². The molecule has 0 unspecified atom stereocenters. The number of nitrogens with zero attached hydrogens (tertiary/aromatic N) is 2. The molecule has 25 heavy (non-hydrogen) atoms. The maximum absolute atomic E-state index is 14.2. The molecule has 2 N–H and O–H groups in total. The third-order valence-electron chi connectivity index (χ3n) is 4.01. The van der Waals surface area contributed by atoms with Gasteiger partial charge in [-0.15, -0.1) is 0 Å². The van der Waals surface area contributed by atoms with Crippen LogP contribution in [0.5, 0.6) is 11.5 Å². The Morgan fingerprint density at radius 1 is 0.880 bits per heavy atom. The first kappa shape index (κ1) is 15.1. The van der Waals surface area contributed by atoms with Gasteiger partial charge in [-0.2, -0.15) is 5.10 Å². The van der Waals surface area contributed by atoms with Gasteiger partial charge in [-0.3, -0.25) is 0 Å². The van der Waals surface area contributed by atoms with Crippen molar-refractivity contribution in [2.45, 2.75) is 0 Å². The standard InChI is InChI=1S/C19H12F2N2O2/c20-16-9-17(25)18(21)19-15(16)10-22-23(19)13-6-4-11(5-7-13)12-2-1-3-14(24)8-12/h1-10,24-25H. The van der Waals surface area contributed by atoms with E-state index in [2.05, 4.69) is 5.10 Å². The lowest BCUT2D eigenvalue weighted by Crippen LogP contribution is -1.98. The van der Waals surface area contributed by atoms with Crippen LogP contribution in [0.1, 0.15) is 0 Å². The lowest BCUT2D eigenvalue weighted by molar-refractivity contribution is 0.430. The zero-order valence-electron chi connectivity index (χ0n) is 12.8. The van der Waals surface area contributed by atoms with Gasteiger partial charge in [0.05, 0.1) is 17.3 Å². The lowest BCUT2D eigenvalue weighted by atomic mass is 10.1. The van der Waals surface area contributed by atoms with E-state index in [1.165, 1.54) is 10.9 Å². The molecule has 3 aromatic carbocycles. The Hall–Kier alpha value is -3.41. The van der Waals surface area contributed by atoms with Gasteiger partial charge in [-0.1, -0.05) is 24.3 Å². The van der Waals surface area contributed by atoms with Crippen molar-refractivity contribution in [1.29, 1.82) is 0 Å². The molecule has 0 atom stereocenters. The molecular weight excluding hydrogens is 326 g/mol. The second kappa shape index (κ2) is 5.59. The third-order valence-corrected chi connectivity index (χ3v) is 4.01. The van der Waals surface area contributed by atoms with Gasteiger partial charge >= 0.3 is 0 Å². The molecule has 6 heteroatoms. The maximum Gasteiger partial charge on any atom is 0.191 e. The Bertz CT molecular complexity index is 1090. The summed E-state index contributed by atoms with van der Waals surface area (Å²) < 4.78 is 29.4. The Morgan fingerprint density at radius 3 is 2.36 bits per heavy atom. The second-order valence-corrected chi connectivity index (χ2v) is 5.61. The average Bonchev–Trinajstić information content (AvgIpc) is 3.06. The first-order valence-corrected chi connectivity index (χ1v) is 7.49. The smallest absolute Gasteiger partial charge is 0.191 e. The number of phenolic OH excluding ortho intramolecular Hbond substituents is 2. The minimum atomic E-state index is -0.925. The molecule has 4 rings (SSSR count). The number of fused-ring (bicyclic) bond motifs is 1. The van der Waals surface area contributed by atoms with Gasteiger partial charge < -0.3 is 10.2 Å². The van der Waals surface area contributed by atoms with E-state index in [-0.39, 0.29) is 16.7 Å². The fourth-order valence-corrected chi connectivity index (χ4v) is 2.79. The number of benzene rings is 3. The zero-order chi connectivity index (χ0) is 17.6. The van der Waals surface area contributed by atoms with Crippen molar-refractivity contribution in [3.63, 3.8) is 0 Å². The van der Waals surface area contributed by atoms with Crippen molar-refractivity contribution in [1.82, 2.24) is 9.78 Å². The van der Waals surface area contributed by atoms with Crippen LogP contribution in [-0.2, 0) is 0 Å². The van der Waals surface area contributed by atoms with Crippen LogP contribution in [0.2, 0.25) is 0 Å². The number of hydrogen-bond donors (Lipinski definition) is 2. The van der Waals surface area contributed by atoms with E-state index in [0.717, 1.165) is 17.2 Å². The molecule has 1 heterocycles. The highest BCUT2D eigenvalue weighted by atomic mass is 19.1. The zero-order valence-corrected chi connectivity index (χ0v) is 12.8. The minimum absolute atomic E-state index is 0.00708. The minimum Gasteiger partial charge on any atom is -0.508 e. The first-order valence-electron chi connectivity index (χ1n) is 7.49. The maximum atomic E-state index is 14.2. The predicted octanol–water partition coefficient (Wildman–Crippen LogP) is 4.38. The van der Waals surface area contributed by atoms with Crippen molar-refractivity contribution in [3.05, 3.63) is 72.4 Å². The molecular formula is C19H12F2N2O2. The van der Waals surface area contributed by atoms with E-state index in [9.17, 15) is 19.0 Å². The van der Waals surface area contributed by atoms with Crippen molar-refractivity contribution in [2.24, 2.45) is 0 Å². The molecule has 0 aliphatic heterocycles. The van der Waals surface area contributed by atoms with Crippen LogP contribution in [0.3, 0.4) is 0 Å². The summed E-state index contributed by atoms with van der Waals surface area (Å²) >= 11 is 0. The molecule has 4 aromatic rings. The molecule has 0 bridgehead atoms. The van der Waals surface area contributed by atoms with Gasteiger partial charge in [0.25, 0.3) is 0 Å². The Labute approximate surface area is 141 Å². The quantitative estimate of drug-likeness (QED) is 0.570. The van der Waals surface area contributed by atoms with E-state index in [4.69, 9.17) is 0 Å². The highest BCUT2D eigenvalue weighted by Gasteiger charge is 2.17. The van der Waals surface area contributed by atoms with E-state index >= 15 is 0 Å². The number of rotatable bonds is 2. The number of aromatic nitrogens is 2. The Morgan fingerprint density at radius 2 is 1.64 bits per heavy atom. The highest BCUT2D eigenvalue weighted by molar-refractivity contribution is 5.83. The fourth-order valence-electron chi connectivity index (χ4n) is 2.79. The second-order valence-electron chi connectivity index (χ2n) is 5.61. The summed E-state index contributed by atoms with van der Waals surface area (Å²) in [4.78, 5) is 0. The van der Waals surface area contributed by atoms with Gasteiger partial charge in [0.15, 0.2) is 11.6 Å². The van der Waals surface area contributed by atoms with Gasteiger partial charge in [0, 0.05) is 6.07 Å². The molecule has 0 saturated carbocycles. The SMILES string of the molecule is Oc1cccc(-c2ccc(-n3ncc4c(F)cc(O)c(F)c43)cc2)c1. The third kappa shape index (κ3) is 2.48. The predicted molar refractivity (Wildman–Crippen MR) is 89.8 cm³/mol. The topological polar surface area (TPSA) is 58.3 Å². The van der Waals surface area contributed by atoms with E-state index in [0.29, 0.717) is 5.69 Å². The van der Waals surface area contributed by atoms with Crippen LogP contribution >= 0.6 is 0 Å². The Kier molecular flexibility index (Phi) is 3.39. The lowest BCUT2D eigenvalue weighted by Gasteiger charge is -2.08. The normalized spacial score (nSPS) is 11.1. The summed E-state index contributed by atoms with van der Waals surface area (Å²) in [6.07, 6.45) is 1.22. The molecule has 0 aliphatic rings. The summed E-state index contributed by atoms with van der Waals surface area (Å²) in [7, 11) is 0. The van der Waals surface area contributed by atoms with Crippen LogP contribution in [0.25, 0.3) is 27.7 Å².